The minimum absolute atomic E-state index is 0.0951. The molecule has 0 spiro atoms. The smallest absolute Gasteiger partial charge is 0.338 e. The van der Waals surface area contributed by atoms with E-state index in [0.29, 0.717) is 11.1 Å². The summed E-state index contributed by atoms with van der Waals surface area (Å²) < 4.78 is 4.77. The summed E-state index contributed by atoms with van der Waals surface area (Å²) in [6, 6.07) is 4.29. The van der Waals surface area contributed by atoms with Crippen LogP contribution in [0.5, 0.6) is 0 Å². The third-order valence-corrected chi connectivity index (χ3v) is 2.60. The van der Waals surface area contributed by atoms with E-state index in [9.17, 15) is 19.8 Å². The van der Waals surface area contributed by atoms with Gasteiger partial charge < -0.3 is 20.1 Å². The summed E-state index contributed by atoms with van der Waals surface area (Å²) in [5, 5.41) is 27.4. The summed E-state index contributed by atoms with van der Waals surface area (Å²) in [6.07, 6.45) is -3.43. The molecule has 1 aliphatic rings. The van der Waals surface area contributed by atoms with E-state index in [1.54, 1.807) is 0 Å². The van der Waals surface area contributed by atoms with Crippen molar-refractivity contribution in [3.05, 3.63) is 34.9 Å². The number of carboxylic acids is 1. The Morgan fingerprint density at radius 3 is 2.71 bits per heavy atom. The van der Waals surface area contributed by atoms with Crippen LogP contribution in [0.2, 0.25) is 0 Å². The molecule has 2 atom stereocenters. The van der Waals surface area contributed by atoms with Crippen LogP contribution in [0, 0.1) is 0 Å². The van der Waals surface area contributed by atoms with Crippen LogP contribution in [-0.4, -0.2) is 33.4 Å². The second kappa shape index (κ2) is 4.15. The Morgan fingerprint density at radius 1 is 1.35 bits per heavy atom. The number of esters is 1. The highest BCUT2D eigenvalue weighted by molar-refractivity contribution is 5.93. The van der Waals surface area contributed by atoms with E-state index in [-0.39, 0.29) is 12.2 Å². The van der Waals surface area contributed by atoms with Crippen molar-refractivity contribution in [3.8, 4) is 0 Å². The molecule has 2 unspecified atom stereocenters. The quantitative estimate of drug-likeness (QED) is 0.632. The molecule has 6 heteroatoms. The molecule has 0 amide bonds. The van der Waals surface area contributed by atoms with Gasteiger partial charge in [0, 0.05) is 5.56 Å². The highest BCUT2D eigenvalue weighted by Crippen LogP contribution is 2.25. The van der Waals surface area contributed by atoms with Gasteiger partial charge in [0.1, 0.15) is 12.7 Å². The Bertz CT molecular complexity index is 481. The topological polar surface area (TPSA) is 104 Å². The first-order chi connectivity index (χ1) is 8.00. The van der Waals surface area contributed by atoms with E-state index in [1.165, 1.54) is 18.2 Å². The third kappa shape index (κ3) is 2.00. The second-order valence-corrected chi connectivity index (χ2v) is 3.72. The molecule has 17 heavy (non-hydrogen) atoms. The highest BCUT2D eigenvalue weighted by atomic mass is 16.5. The first-order valence-corrected chi connectivity index (χ1v) is 4.89. The van der Waals surface area contributed by atoms with Gasteiger partial charge in [-0.15, -0.1) is 0 Å². The zero-order valence-corrected chi connectivity index (χ0v) is 8.66. The average molecular weight is 238 g/mol. The monoisotopic (exact) mass is 238 g/mol. The van der Waals surface area contributed by atoms with E-state index in [1.807, 2.05) is 0 Å². The van der Waals surface area contributed by atoms with Gasteiger partial charge in [0.05, 0.1) is 5.56 Å². The number of benzene rings is 1. The number of cyclic esters (lactones) is 1. The number of carbonyl (C=O) groups is 2. The number of rotatable bonds is 3. The Hall–Kier alpha value is -1.92. The van der Waals surface area contributed by atoms with Crippen molar-refractivity contribution in [1.82, 2.24) is 0 Å². The summed E-state index contributed by atoms with van der Waals surface area (Å²) in [5.74, 6) is -1.95. The SMILES string of the molecule is O=C1OCc2cc(C(O)C(O)C(=O)O)ccc21. The maximum atomic E-state index is 11.2. The second-order valence-electron chi connectivity index (χ2n) is 3.72. The molecule has 0 radical (unpaired) electrons. The Kier molecular flexibility index (Phi) is 2.83. The number of aliphatic carboxylic acids is 1. The molecule has 0 saturated carbocycles. The lowest BCUT2D eigenvalue weighted by Gasteiger charge is -2.14. The number of aliphatic hydroxyl groups is 2. The fourth-order valence-corrected chi connectivity index (χ4v) is 1.65. The van der Waals surface area contributed by atoms with E-state index in [0.717, 1.165) is 0 Å². The van der Waals surface area contributed by atoms with Gasteiger partial charge in [-0.3, -0.25) is 0 Å². The van der Waals surface area contributed by atoms with E-state index < -0.39 is 24.1 Å². The first kappa shape index (κ1) is 11.6. The summed E-state index contributed by atoms with van der Waals surface area (Å²) >= 11 is 0. The van der Waals surface area contributed by atoms with E-state index in [4.69, 9.17) is 9.84 Å². The largest absolute Gasteiger partial charge is 0.479 e. The van der Waals surface area contributed by atoms with Crippen LogP contribution >= 0.6 is 0 Å². The van der Waals surface area contributed by atoms with Crippen molar-refractivity contribution in [3.63, 3.8) is 0 Å². The van der Waals surface area contributed by atoms with Crippen LogP contribution in [0.25, 0.3) is 0 Å². The normalized spacial score (nSPS) is 17.2. The van der Waals surface area contributed by atoms with Crippen LogP contribution in [0.1, 0.15) is 27.6 Å². The summed E-state index contributed by atoms with van der Waals surface area (Å²) in [6.45, 7) is 0.0951. The van der Waals surface area contributed by atoms with Crippen molar-refractivity contribution in [2.45, 2.75) is 18.8 Å². The van der Waals surface area contributed by atoms with Gasteiger partial charge in [-0.25, -0.2) is 9.59 Å². The molecular weight excluding hydrogens is 228 g/mol. The Morgan fingerprint density at radius 2 is 2.06 bits per heavy atom. The van der Waals surface area contributed by atoms with Crippen LogP contribution in [0.4, 0.5) is 0 Å². The number of aliphatic hydroxyl groups excluding tert-OH is 2. The van der Waals surface area contributed by atoms with Crippen molar-refractivity contribution >= 4 is 11.9 Å². The fourth-order valence-electron chi connectivity index (χ4n) is 1.65. The van der Waals surface area contributed by atoms with Gasteiger partial charge in [-0.05, 0) is 17.7 Å². The summed E-state index contributed by atoms with van der Waals surface area (Å²) in [4.78, 5) is 21.7. The molecule has 0 bridgehead atoms. The lowest BCUT2D eigenvalue weighted by molar-refractivity contribution is -0.153. The lowest BCUT2D eigenvalue weighted by Crippen LogP contribution is -2.27. The molecule has 0 fully saturated rings. The number of ether oxygens (including phenoxy) is 1. The fraction of sp³-hybridized carbons (Fsp3) is 0.273. The van der Waals surface area contributed by atoms with Crippen molar-refractivity contribution in [2.75, 3.05) is 0 Å². The maximum absolute atomic E-state index is 11.2. The first-order valence-electron chi connectivity index (χ1n) is 4.89. The molecular formula is C11H10O6. The lowest BCUT2D eigenvalue weighted by atomic mass is 9.99. The van der Waals surface area contributed by atoms with E-state index in [2.05, 4.69) is 0 Å². The van der Waals surface area contributed by atoms with Crippen LogP contribution < -0.4 is 0 Å². The molecule has 0 aliphatic carbocycles. The Balaban J connectivity index is 2.29. The summed E-state index contributed by atoms with van der Waals surface area (Å²) in [7, 11) is 0. The number of carboxylic acid groups (broad SMARTS) is 1. The van der Waals surface area contributed by atoms with Crippen LogP contribution in [-0.2, 0) is 16.1 Å². The van der Waals surface area contributed by atoms with Gasteiger partial charge in [0.25, 0.3) is 0 Å². The number of hydrogen-bond acceptors (Lipinski definition) is 5. The Labute approximate surface area is 96.1 Å². The molecule has 1 aromatic carbocycles. The van der Waals surface area contributed by atoms with Gasteiger partial charge in [0.15, 0.2) is 6.10 Å². The third-order valence-electron chi connectivity index (χ3n) is 2.60. The molecule has 0 aromatic heterocycles. The minimum Gasteiger partial charge on any atom is -0.479 e. The average Bonchev–Trinajstić information content (AvgIpc) is 2.68. The summed E-state index contributed by atoms with van der Waals surface area (Å²) in [5.41, 5.74) is 1.20. The molecule has 90 valence electrons. The number of carbonyl (C=O) groups excluding carboxylic acids is 1. The molecule has 3 N–H and O–H groups in total. The van der Waals surface area contributed by atoms with Crippen LogP contribution in [0.15, 0.2) is 18.2 Å². The van der Waals surface area contributed by atoms with Crippen molar-refractivity contribution in [1.29, 1.82) is 0 Å². The van der Waals surface area contributed by atoms with Gasteiger partial charge in [0.2, 0.25) is 0 Å². The number of fused-ring (bicyclic) bond motifs is 1. The zero-order valence-electron chi connectivity index (χ0n) is 8.66. The highest BCUT2D eigenvalue weighted by Gasteiger charge is 2.28. The standard InChI is InChI=1S/C11H10O6/c12-8(9(13)10(14)15)5-1-2-7-6(3-5)4-17-11(7)16/h1-3,8-9,12-13H,4H2,(H,14,15). The van der Waals surface area contributed by atoms with Gasteiger partial charge >= 0.3 is 11.9 Å². The molecule has 2 rings (SSSR count). The molecule has 0 saturated heterocycles. The van der Waals surface area contributed by atoms with Crippen LogP contribution in [0.3, 0.4) is 0 Å². The van der Waals surface area contributed by atoms with Crippen molar-refractivity contribution in [2.24, 2.45) is 0 Å². The molecule has 1 heterocycles. The van der Waals surface area contributed by atoms with E-state index >= 15 is 0 Å². The van der Waals surface area contributed by atoms with Crippen molar-refractivity contribution < 1.29 is 29.6 Å². The number of hydrogen-bond donors (Lipinski definition) is 3. The molecule has 6 nitrogen and oxygen atoms in total. The zero-order chi connectivity index (χ0) is 12.6. The maximum Gasteiger partial charge on any atom is 0.338 e. The van der Waals surface area contributed by atoms with Gasteiger partial charge in [-0.1, -0.05) is 6.07 Å². The predicted molar refractivity (Wildman–Crippen MR) is 54.2 cm³/mol. The minimum atomic E-state index is -1.90. The molecule has 1 aliphatic heterocycles. The predicted octanol–water partition coefficient (Wildman–Crippen LogP) is -0.164. The molecule has 1 aromatic rings. The van der Waals surface area contributed by atoms with Gasteiger partial charge in [-0.2, -0.15) is 0 Å².